The largest absolute Gasteiger partial charge is 0.333 e. The van der Waals surface area contributed by atoms with Crippen LogP contribution in [0.15, 0.2) is 60.8 Å². The molecule has 1 amide bonds. The van der Waals surface area contributed by atoms with Crippen LogP contribution >= 0.6 is 23.2 Å². The smallest absolute Gasteiger partial charge is 0.326 e. The van der Waals surface area contributed by atoms with Gasteiger partial charge in [-0.1, -0.05) is 47.5 Å². The molecule has 3 heterocycles. The molecule has 0 aliphatic carbocycles. The van der Waals surface area contributed by atoms with E-state index < -0.39 is 0 Å². The lowest BCUT2D eigenvalue weighted by Gasteiger charge is -2.27. The lowest BCUT2D eigenvalue weighted by atomic mass is 10.0. The van der Waals surface area contributed by atoms with E-state index in [0.717, 1.165) is 34.3 Å². The van der Waals surface area contributed by atoms with Gasteiger partial charge in [-0.2, -0.15) is 5.26 Å². The number of aromatic nitrogens is 2. The van der Waals surface area contributed by atoms with Gasteiger partial charge in [-0.05, 0) is 53.1 Å². The number of nitrogens with one attached hydrogen (secondary N) is 1. The summed E-state index contributed by atoms with van der Waals surface area (Å²) in [4.78, 5) is 19.6. The number of fused-ring (bicyclic) bond motifs is 3. The molecular weight excluding hydrogens is 512 g/mol. The Morgan fingerprint density at radius 3 is 2.84 bits per heavy atom. The van der Waals surface area contributed by atoms with Crippen molar-refractivity contribution in [2.75, 3.05) is 13.1 Å². The Balaban J connectivity index is 1.39. The van der Waals surface area contributed by atoms with E-state index in [1.54, 1.807) is 41.1 Å². The Bertz CT molecular complexity index is 1570. The van der Waals surface area contributed by atoms with Crippen LogP contribution in [0.2, 0.25) is 10.2 Å². The highest BCUT2D eigenvalue weighted by molar-refractivity contribution is 6.32. The van der Waals surface area contributed by atoms with E-state index in [-0.39, 0.29) is 11.8 Å². The van der Waals surface area contributed by atoms with Gasteiger partial charge in [-0.3, -0.25) is 9.47 Å². The molecule has 6 nitrogen and oxygen atoms in total. The first-order valence-corrected chi connectivity index (χ1v) is 12.5. The van der Waals surface area contributed by atoms with Gasteiger partial charge in [0.2, 0.25) is 0 Å². The van der Waals surface area contributed by atoms with Crippen molar-refractivity contribution in [2.45, 2.75) is 19.5 Å². The lowest BCUT2D eigenvalue weighted by molar-refractivity contribution is 0.240. The first kappa shape index (κ1) is 25.0. The summed E-state index contributed by atoms with van der Waals surface area (Å²) in [5.41, 5.74) is 4.82. The summed E-state index contributed by atoms with van der Waals surface area (Å²) in [7, 11) is 0. The van der Waals surface area contributed by atoms with Gasteiger partial charge in [0.15, 0.2) is 0 Å². The number of halogens is 3. The molecule has 2 aromatic heterocycles. The predicted molar refractivity (Wildman–Crippen MR) is 143 cm³/mol. The Hall–Kier alpha value is -3.70. The zero-order chi connectivity index (χ0) is 25.9. The van der Waals surface area contributed by atoms with Crippen LogP contribution in [0.1, 0.15) is 27.9 Å². The van der Waals surface area contributed by atoms with Crippen LogP contribution in [-0.2, 0) is 19.5 Å². The van der Waals surface area contributed by atoms with Crippen LogP contribution in [0.5, 0.6) is 0 Å². The summed E-state index contributed by atoms with van der Waals surface area (Å²) in [6.07, 6.45) is 6.16. The second-order valence-corrected chi connectivity index (χ2v) is 9.60. The predicted octanol–water partition coefficient (Wildman–Crippen LogP) is 6.18. The number of carbonyl (C=O) groups is 1. The molecular formula is C28H22Cl2FN5O. The summed E-state index contributed by atoms with van der Waals surface area (Å²) in [5, 5.41) is 14.1. The highest BCUT2D eigenvalue weighted by Crippen LogP contribution is 2.32. The van der Waals surface area contributed by atoms with Crippen molar-refractivity contribution >= 4 is 46.2 Å². The maximum absolute atomic E-state index is 13.4. The van der Waals surface area contributed by atoms with Crippen molar-refractivity contribution in [3.63, 3.8) is 0 Å². The van der Waals surface area contributed by atoms with Gasteiger partial charge >= 0.3 is 6.03 Å². The molecule has 2 aromatic carbocycles. The van der Waals surface area contributed by atoms with Gasteiger partial charge in [0.1, 0.15) is 11.0 Å². The van der Waals surface area contributed by atoms with E-state index in [0.29, 0.717) is 47.3 Å². The van der Waals surface area contributed by atoms with E-state index in [4.69, 9.17) is 23.2 Å². The molecule has 9 heteroatoms. The number of pyridine rings is 1. The Labute approximate surface area is 223 Å². The van der Waals surface area contributed by atoms with Crippen LogP contribution in [0.4, 0.5) is 9.18 Å². The monoisotopic (exact) mass is 533 g/mol. The van der Waals surface area contributed by atoms with E-state index in [1.807, 2.05) is 18.2 Å². The average Bonchev–Trinajstić information content (AvgIpc) is 3.21. The fourth-order valence-corrected chi connectivity index (χ4v) is 5.07. The van der Waals surface area contributed by atoms with Crippen molar-refractivity contribution in [2.24, 2.45) is 0 Å². The van der Waals surface area contributed by atoms with Crippen LogP contribution in [0, 0.1) is 17.1 Å². The van der Waals surface area contributed by atoms with Crippen LogP contribution in [-0.4, -0.2) is 33.6 Å². The molecule has 186 valence electrons. The second kappa shape index (κ2) is 10.7. The van der Waals surface area contributed by atoms with Crippen molar-refractivity contribution in [1.82, 2.24) is 19.8 Å². The highest BCUT2D eigenvalue weighted by atomic mass is 35.5. The van der Waals surface area contributed by atoms with Gasteiger partial charge < -0.3 is 5.32 Å². The third-order valence-electron chi connectivity index (χ3n) is 6.42. The lowest BCUT2D eigenvalue weighted by Crippen LogP contribution is -2.34. The SMILES string of the molecule is N#Cc1ccc2c3c(n(C(=O)NCc4ccnc(Cl)c4)c2c1)CCN(CC=Cc1ccc(F)cc1Cl)C3. The number of nitrogens with zero attached hydrogens (tertiary/aromatic N) is 4. The zero-order valence-electron chi connectivity index (χ0n) is 19.7. The normalized spacial score (nSPS) is 13.6. The summed E-state index contributed by atoms with van der Waals surface area (Å²) in [6, 6.07) is 15.2. The first-order chi connectivity index (χ1) is 17.9. The molecule has 1 aliphatic rings. The van der Waals surface area contributed by atoms with Crippen LogP contribution < -0.4 is 5.32 Å². The Morgan fingerprint density at radius 1 is 1.19 bits per heavy atom. The molecule has 0 unspecified atom stereocenters. The highest BCUT2D eigenvalue weighted by Gasteiger charge is 2.26. The van der Waals surface area contributed by atoms with Gasteiger partial charge in [0.25, 0.3) is 0 Å². The minimum Gasteiger partial charge on any atom is -0.333 e. The van der Waals surface area contributed by atoms with Crippen LogP contribution in [0.3, 0.4) is 0 Å². The van der Waals surface area contributed by atoms with Crippen LogP contribution in [0.25, 0.3) is 17.0 Å². The molecule has 37 heavy (non-hydrogen) atoms. The van der Waals surface area contributed by atoms with E-state index in [1.165, 1.54) is 12.1 Å². The molecule has 4 aromatic rings. The van der Waals surface area contributed by atoms with E-state index in [9.17, 15) is 14.4 Å². The van der Waals surface area contributed by atoms with E-state index >= 15 is 0 Å². The summed E-state index contributed by atoms with van der Waals surface area (Å²) in [6.45, 7) is 2.38. The third kappa shape index (κ3) is 5.37. The maximum Gasteiger partial charge on any atom is 0.326 e. The first-order valence-electron chi connectivity index (χ1n) is 11.7. The topological polar surface area (TPSA) is 74.0 Å². The molecule has 1 aliphatic heterocycles. The number of nitriles is 1. The minimum atomic E-state index is -0.365. The zero-order valence-corrected chi connectivity index (χ0v) is 21.2. The average molecular weight is 534 g/mol. The van der Waals surface area contributed by atoms with Crippen molar-refractivity contribution in [3.8, 4) is 6.07 Å². The van der Waals surface area contributed by atoms with Crippen molar-refractivity contribution < 1.29 is 9.18 Å². The van der Waals surface area contributed by atoms with Gasteiger partial charge in [0, 0.05) is 49.9 Å². The maximum atomic E-state index is 13.4. The summed E-state index contributed by atoms with van der Waals surface area (Å²) < 4.78 is 15.0. The Morgan fingerprint density at radius 2 is 2.05 bits per heavy atom. The number of rotatable bonds is 5. The molecule has 0 bridgehead atoms. The molecule has 0 spiro atoms. The van der Waals surface area contributed by atoms with Gasteiger partial charge in [-0.15, -0.1) is 0 Å². The number of carbonyl (C=O) groups excluding carboxylic acids is 1. The quantitative estimate of drug-likeness (QED) is 0.310. The minimum absolute atomic E-state index is 0.256. The molecule has 0 radical (unpaired) electrons. The molecule has 0 saturated carbocycles. The fourth-order valence-electron chi connectivity index (χ4n) is 4.65. The third-order valence-corrected chi connectivity index (χ3v) is 6.95. The number of hydrogen-bond acceptors (Lipinski definition) is 4. The number of amides is 1. The van der Waals surface area contributed by atoms with Crippen molar-refractivity contribution in [1.29, 1.82) is 5.26 Å². The van der Waals surface area contributed by atoms with Gasteiger partial charge in [-0.25, -0.2) is 14.2 Å². The van der Waals surface area contributed by atoms with E-state index in [2.05, 4.69) is 21.3 Å². The molecule has 5 rings (SSSR count). The summed E-state index contributed by atoms with van der Waals surface area (Å²) in [5.74, 6) is -0.365. The fraction of sp³-hybridized carbons (Fsp3) is 0.179. The standard InChI is InChI=1S/C28H22Cl2FN5O/c29-24-14-21(31)5-4-20(24)2-1-10-35-11-8-25-23(17-35)22-6-3-18(15-32)12-26(22)36(25)28(37)34-16-19-7-9-33-27(30)13-19/h1-7,9,12-14H,8,10-11,16-17H2,(H,34,37). The molecule has 0 fully saturated rings. The Kier molecular flexibility index (Phi) is 7.24. The molecule has 1 N–H and O–H groups in total. The second-order valence-electron chi connectivity index (χ2n) is 8.80. The van der Waals surface area contributed by atoms with Crippen molar-refractivity contribution in [3.05, 3.63) is 105 Å². The van der Waals surface area contributed by atoms with Gasteiger partial charge in [0.05, 0.1) is 22.2 Å². The number of hydrogen-bond donors (Lipinski definition) is 1. The summed E-state index contributed by atoms with van der Waals surface area (Å²) >= 11 is 12.1. The molecule has 0 saturated heterocycles. The molecule has 0 atom stereocenters. The number of benzene rings is 2.